The number of pyridine rings is 1. The van der Waals surface area contributed by atoms with Gasteiger partial charge < -0.3 is 4.57 Å². The van der Waals surface area contributed by atoms with E-state index in [0.29, 0.717) is 12.0 Å². The van der Waals surface area contributed by atoms with Gasteiger partial charge in [0.05, 0.1) is 15.5 Å². The Hall–Kier alpha value is -3.25. The van der Waals surface area contributed by atoms with Crippen molar-refractivity contribution in [1.82, 2.24) is 4.57 Å². The molecule has 0 saturated heterocycles. The number of amides is 1. The number of rotatable bonds is 4. The molecule has 0 N–H and O–H groups in total. The summed E-state index contributed by atoms with van der Waals surface area (Å²) in [6, 6.07) is 17.2. The van der Waals surface area contributed by atoms with Crippen molar-refractivity contribution in [2.75, 3.05) is 0 Å². The van der Waals surface area contributed by atoms with Gasteiger partial charge in [-0.2, -0.15) is 4.99 Å². The Balaban J connectivity index is 1.94. The molecule has 0 aliphatic carbocycles. The van der Waals surface area contributed by atoms with Crippen LogP contribution in [0, 0.1) is 17.0 Å². The van der Waals surface area contributed by atoms with E-state index in [0.717, 1.165) is 11.6 Å². The van der Waals surface area contributed by atoms with E-state index in [9.17, 15) is 14.9 Å². The van der Waals surface area contributed by atoms with E-state index in [-0.39, 0.29) is 16.3 Å². The largest absolute Gasteiger partial charge is 0.328 e. The van der Waals surface area contributed by atoms with E-state index in [1.807, 2.05) is 48.0 Å². The summed E-state index contributed by atoms with van der Waals surface area (Å²) in [6.07, 6.45) is 1.84. The Kier molecular flexibility index (Phi) is 5.47. The molecular formula is C20H16ClN3O3. The molecule has 27 heavy (non-hydrogen) atoms. The van der Waals surface area contributed by atoms with Gasteiger partial charge in [-0.15, -0.1) is 0 Å². The van der Waals surface area contributed by atoms with Crippen molar-refractivity contribution in [1.29, 1.82) is 0 Å². The van der Waals surface area contributed by atoms with Crippen LogP contribution in [0.2, 0.25) is 5.02 Å². The van der Waals surface area contributed by atoms with Crippen LogP contribution in [0.3, 0.4) is 0 Å². The van der Waals surface area contributed by atoms with Crippen molar-refractivity contribution in [3.63, 3.8) is 0 Å². The molecular weight excluding hydrogens is 366 g/mol. The second-order valence-corrected chi connectivity index (χ2v) is 6.42. The zero-order valence-corrected chi connectivity index (χ0v) is 15.3. The fourth-order valence-corrected chi connectivity index (χ4v) is 2.80. The highest BCUT2D eigenvalue weighted by molar-refractivity contribution is 6.34. The number of nitrogens with zero attached hydrogens (tertiary/aromatic N) is 3. The van der Waals surface area contributed by atoms with Crippen LogP contribution >= 0.6 is 11.6 Å². The standard InChI is InChI=1S/C20H16ClN3O3/c1-14-5-7-15(8-6-14)13-23-11-3-2-4-19(23)22-20(25)17-10-9-16(24(26)27)12-18(17)21/h2-12H,13H2,1H3. The lowest BCUT2D eigenvalue weighted by Crippen LogP contribution is -2.22. The highest BCUT2D eigenvalue weighted by atomic mass is 35.5. The normalized spacial score (nSPS) is 11.4. The molecule has 2 aromatic carbocycles. The quantitative estimate of drug-likeness (QED) is 0.503. The van der Waals surface area contributed by atoms with E-state index in [4.69, 9.17) is 11.6 Å². The highest BCUT2D eigenvalue weighted by Gasteiger charge is 2.14. The molecule has 0 radical (unpaired) electrons. The fourth-order valence-electron chi connectivity index (χ4n) is 2.55. The van der Waals surface area contributed by atoms with Crippen molar-refractivity contribution in [3.05, 3.63) is 104 Å². The first-order valence-electron chi connectivity index (χ1n) is 8.18. The third-order valence-electron chi connectivity index (χ3n) is 4.00. The maximum Gasteiger partial charge on any atom is 0.280 e. The smallest absolute Gasteiger partial charge is 0.280 e. The molecule has 7 heteroatoms. The molecule has 0 saturated carbocycles. The fraction of sp³-hybridized carbons (Fsp3) is 0.100. The lowest BCUT2D eigenvalue weighted by molar-refractivity contribution is -0.384. The molecule has 1 amide bonds. The number of benzene rings is 2. The third kappa shape index (κ3) is 4.48. The van der Waals surface area contributed by atoms with Crippen molar-refractivity contribution < 1.29 is 9.72 Å². The lowest BCUT2D eigenvalue weighted by atomic mass is 10.1. The minimum atomic E-state index is -0.565. The number of carbonyl (C=O) groups excluding carboxylic acids is 1. The number of hydrogen-bond acceptors (Lipinski definition) is 3. The second-order valence-electron chi connectivity index (χ2n) is 6.01. The summed E-state index contributed by atoms with van der Waals surface area (Å²) >= 11 is 6.03. The molecule has 0 bridgehead atoms. The highest BCUT2D eigenvalue weighted by Crippen LogP contribution is 2.22. The number of aromatic nitrogens is 1. The number of hydrogen-bond donors (Lipinski definition) is 0. The average Bonchev–Trinajstić information content (AvgIpc) is 2.65. The van der Waals surface area contributed by atoms with Crippen molar-refractivity contribution in [3.8, 4) is 0 Å². The zero-order valence-electron chi connectivity index (χ0n) is 14.5. The molecule has 0 fully saturated rings. The molecule has 3 aromatic rings. The van der Waals surface area contributed by atoms with Gasteiger partial charge in [0, 0.05) is 24.9 Å². The summed E-state index contributed by atoms with van der Waals surface area (Å²) in [5.41, 5.74) is 2.66. The molecule has 0 spiro atoms. The number of non-ortho nitro benzene ring substituents is 1. The van der Waals surface area contributed by atoms with Crippen LogP contribution in [0.15, 0.2) is 71.9 Å². The summed E-state index contributed by atoms with van der Waals surface area (Å²) in [7, 11) is 0. The maximum absolute atomic E-state index is 12.5. The Morgan fingerprint density at radius 3 is 2.56 bits per heavy atom. The van der Waals surface area contributed by atoms with Crippen LogP contribution < -0.4 is 5.49 Å². The molecule has 0 aliphatic rings. The first kappa shape index (κ1) is 18.5. The lowest BCUT2D eigenvalue weighted by Gasteiger charge is -2.08. The Labute approximate surface area is 160 Å². The second kappa shape index (κ2) is 7.97. The number of halogens is 1. The van der Waals surface area contributed by atoms with Crippen LogP contribution in [0.25, 0.3) is 0 Å². The minimum absolute atomic E-state index is 0.000958. The van der Waals surface area contributed by atoms with Crippen LogP contribution in [0.1, 0.15) is 21.5 Å². The van der Waals surface area contributed by atoms with Gasteiger partial charge in [-0.05, 0) is 30.7 Å². The summed E-state index contributed by atoms with van der Waals surface area (Å²) in [5.74, 6) is -0.557. The van der Waals surface area contributed by atoms with Crippen molar-refractivity contribution >= 4 is 23.2 Å². The van der Waals surface area contributed by atoms with E-state index in [1.165, 1.54) is 17.7 Å². The van der Waals surface area contributed by atoms with E-state index < -0.39 is 10.8 Å². The summed E-state index contributed by atoms with van der Waals surface area (Å²) in [6.45, 7) is 2.58. The van der Waals surface area contributed by atoms with Crippen LogP contribution in [-0.2, 0) is 6.54 Å². The Bertz CT molecular complexity index is 1070. The third-order valence-corrected chi connectivity index (χ3v) is 4.31. The van der Waals surface area contributed by atoms with Crippen LogP contribution in [0.5, 0.6) is 0 Å². The molecule has 0 atom stereocenters. The number of aryl methyl sites for hydroxylation is 1. The van der Waals surface area contributed by atoms with Crippen LogP contribution in [-0.4, -0.2) is 15.4 Å². The van der Waals surface area contributed by atoms with Gasteiger partial charge in [0.1, 0.15) is 5.49 Å². The average molecular weight is 382 g/mol. The topological polar surface area (TPSA) is 77.5 Å². The van der Waals surface area contributed by atoms with Gasteiger partial charge >= 0.3 is 0 Å². The number of carbonyl (C=O) groups is 1. The van der Waals surface area contributed by atoms with E-state index in [1.54, 1.807) is 12.1 Å². The molecule has 0 unspecified atom stereocenters. The predicted molar refractivity (Wildman–Crippen MR) is 103 cm³/mol. The number of nitro groups is 1. The van der Waals surface area contributed by atoms with E-state index in [2.05, 4.69) is 4.99 Å². The van der Waals surface area contributed by atoms with Crippen molar-refractivity contribution in [2.24, 2.45) is 4.99 Å². The molecule has 136 valence electrons. The van der Waals surface area contributed by atoms with E-state index >= 15 is 0 Å². The van der Waals surface area contributed by atoms with Gasteiger partial charge in [0.25, 0.3) is 11.6 Å². The van der Waals surface area contributed by atoms with Gasteiger partial charge in [-0.25, -0.2) is 0 Å². The Morgan fingerprint density at radius 2 is 1.89 bits per heavy atom. The first-order chi connectivity index (χ1) is 12.9. The number of nitro benzene ring substituents is 1. The predicted octanol–water partition coefficient (Wildman–Crippen LogP) is 4.15. The summed E-state index contributed by atoms with van der Waals surface area (Å²) in [5, 5.41) is 10.8. The molecule has 3 rings (SSSR count). The monoisotopic (exact) mass is 381 g/mol. The zero-order chi connectivity index (χ0) is 19.4. The van der Waals surface area contributed by atoms with Gasteiger partial charge in [0.15, 0.2) is 0 Å². The van der Waals surface area contributed by atoms with Gasteiger partial charge in [0.2, 0.25) is 0 Å². The maximum atomic E-state index is 12.5. The van der Waals surface area contributed by atoms with Gasteiger partial charge in [-0.3, -0.25) is 14.9 Å². The molecule has 6 nitrogen and oxygen atoms in total. The minimum Gasteiger partial charge on any atom is -0.328 e. The van der Waals surface area contributed by atoms with Crippen LogP contribution in [0.4, 0.5) is 5.69 Å². The molecule has 1 heterocycles. The summed E-state index contributed by atoms with van der Waals surface area (Å²) < 4.78 is 1.85. The molecule has 1 aromatic heterocycles. The molecule has 0 aliphatic heterocycles. The SMILES string of the molecule is Cc1ccc(Cn2ccccc2=NC(=O)c2ccc([N+](=O)[O-])cc2Cl)cc1. The summed E-state index contributed by atoms with van der Waals surface area (Å²) in [4.78, 5) is 26.9. The van der Waals surface area contributed by atoms with Crippen molar-refractivity contribution in [2.45, 2.75) is 13.5 Å². The Morgan fingerprint density at radius 1 is 1.15 bits per heavy atom. The first-order valence-corrected chi connectivity index (χ1v) is 8.56. The van der Waals surface area contributed by atoms with Gasteiger partial charge in [-0.1, -0.05) is 47.5 Å².